The van der Waals surface area contributed by atoms with Crippen molar-refractivity contribution in [1.82, 2.24) is 10.6 Å². The molecule has 2 aromatic carbocycles. The molecule has 0 atom stereocenters. The van der Waals surface area contributed by atoms with Gasteiger partial charge in [-0.3, -0.25) is 0 Å². The van der Waals surface area contributed by atoms with E-state index in [1.807, 2.05) is 24.3 Å². The van der Waals surface area contributed by atoms with Crippen LogP contribution in [0.25, 0.3) is 0 Å². The van der Waals surface area contributed by atoms with Crippen LogP contribution in [-0.2, 0) is 13.0 Å². The molecule has 23 heavy (non-hydrogen) atoms. The number of hydrogen-bond acceptors (Lipinski definition) is 2. The maximum Gasteiger partial charge on any atom is 0.315 e. The van der Waals surface area contributed by atoms with E-state index in [0.717, 1.165) is 17.7 Å². The second-order valence-corrected chi connectivity index (χ2v) is 5.64. The molecule has 122 valence electrons. The van der Waals surface area contributed by atoms with Crippen LogP contribution in [0.4, 0.5) is 4.79 Å². The summed E-state index contributed by atoms with van der Waals surface area (Å²) in [7, 11) is 1.65. The summed E-state index contributed by atoms with van der Waals surface area (Å²) in [5, 5.41) is 5.77. The lowest BCUT2D eigenvalue weighted by atomic mass is 10.1. The standard InChI is InChI=1S/C19H24N2O2/c1-14-4-7-17(15(2)12-14)13-21-19(22)20-11-10-16-5-8-18(23-3)9-6-16/h4-9,12H,10-11,13H2,1-3H3,(H2,20,21,22). The van der Waals surface area contributed by atoms with Gasteiger partial charge in [0.15, 0.2) is 0 Å². The molecule has 2 rings (SSSR count). The zero-order valence-electron chi connectivity index (χ0n) is 14.0. The van der Waals surface area contributed by atoms with Crippen molar-refractivity contribution in [2.75, 3.05) is 13.7 Å². The number of benzene rings is 2. The van der Waals surface area contributed by atoms with Gasteiger partial charge in [-0.25, -0.2) is 4.79 Å². The Kier molecular flexibility index (Phi) is 6.03. The molecule has 4 heteroatoms. The van der Waals surface area contributed by atoms with Gasteiger partial charge in [0.25, 0.3) is 0 Å². The Bertz CT molecular complexity index is 651. The fourth-order valence-electron chi connectivity index (χ4n) is 2.39. The Morgan fingerprint density at radius 2 is 1.78 bits per heavy atom. The van der Waals surface area contributed by atoms with Gasteiger partial charge in [0.05, 0.1) is 7.11 Å². The van der Waals surface area contributed by atoms with E-state index in [4.69, 9.17) is 4.74 Å². The van der Waals surface area contributed by atoms with Crippen molar-refractivity contribution in [2.45, 2.75) is 26.8 Å². The Balaban J connectivity index is 1.72. The average molecular weight is 312 g/mol. The number of urea groups is 1. The molecule has 0 heterocycles. The van der Waals surface area contributed by atoms with Gasteiger partial charge in [-0.1, -0.05) is 35.9 Å². The first kappa shape index (κ1) is 16.9. The van der Waals surface area contributed by atoms with Gasteiger partial charge in [0, 0.05) is 13.1 Å². The van der Waals surface area contributed by atoms with Gasteiger partial charge in [-0.15, -0.1) is 0 Å². The highest BCUT2D eigenvalue weighted by molar-refractivity contribution is 5.73. The van der Waals surface area contributed by atoms with Gasteiger partial charge >= 0.3 is 6.03 Å². The van der Waals surface area contributed by atoms with Crippen LogP contribution in [0, 0.1) is 13.8 Å². The molecule has 0 bridgehead atoms. The van der Waals surface area contributed by atoms with Gasteiger partial charge in [0.2, 0.25) is 0 Å². The summed E-state index contributed by atoms with van der Waals surface area (Å²) in [6, 6.07) is 14.0. The van der Waals surface area contributed by atoms with E-state index < -0.39 is 0 Å². The Morgan fingerprint density at radius 1 is 1.04 bits per heavy atom. The molecule has 0 radical (unpaired) electrons. The Labute approximate surface area is 137 Å². The summed E-state index contributed by atoms with van der Waals surface area (Å²) in [4.78, 5) is 11.8. The van der Waals surface area contributed by atoms with Crippen molar-refractivity contribution < 1.29 is 9.53 Å². The fraction of sp³-hybridized carbons (Fsp3) is 0.316. The van der Waals surface area contributed by atoms with Crippen molar-refractivity contribution >= 4 is 6.03 Å². The summed E-state index contributed by atoms with van der Waals surface area (Å²) in [5.74, 6) is 0.841. The number of aryl methyl sites for hydroxylation is 2. The van der Waals surface area contributed by atoms with Crippen LogP contribution < -0.4 is 15.4 Å². The monoisotopic (exact) mass is 312 g/mol. The lowest BCUT2D eigenvalue weighted by molar-refractivity contribution is 0.240. The maximum atomic E-state index is 11.8. The molecule has 0 fully saturated rings. The minimum atomic E-state index is -0.140. The van der Waals surface area contributed by atoms with Crippen LogP contribution in [0.15, 0.2) is 42.5 Å². The van der Waals surface area contributed by atoms with Crippen LogP contribution in [-0.4, -0.2) is 19.7 Å². The van der Waals surface area contributed by atoms with Gasteiger partial charge in [0.1, 0.15) is 5.75 Å². The topological polar surface area (TPSA) is 50.4 Å². The first-order valence-corrected chi connectivity index (χ1v) is 7.79. The molecule has 4 nitrogen and oxygen atoms in total. The molecule has 0 aliphatic rings. The highest BCUT2D eigenvalue weighted by Gasteiger charge is 2.03. The van der Waals surface area contributed by atoms with Crippen molar-refractivity contribution in [3.8, 4) is 5.75 Å². The van der Waals surface area contributed by atoms with E-state index in [0.29, 0.717) is 13.1 Å². The third kappa shape index (κ3) is 5.33. The lowest BCUT2D eigenvalue weighted by Crippen LogP contribution is -2.36. The Hall–Kier alpha value is -2.49. The molecule has 0 spiro atoms. The highest BCUT2D eigenvalue weighted by Crippen LogP contribution is 2.11. The molecule has 0 aliphatic carbocycles. The Morgan fingerprint density at radius 3 is 2.43 bits per heavy atom. The van der Waals surface area contributed by atoms with Gasteiger partial charge < -0.3 is 15.4 Å². The number of hydrogen-bond donors (Lipinski definition) is 2. The number of methoxy groups -OCH3 is 1. The van der Waals surface area contributed by atoms with Crippen molar-refractivity contribution in [2.24, 2.45) is 0 Å². The maximum absolute atomic E-state index is 11.8. The predicted octanol–water partition coefficient (Wildman–Crippen LogP) is 3.35. The largest absolute Gasteiger partial charge is 0.497 e. The molecular weight excluding hydrogens is 288 g/mol. The number of carbonyl (C=O) groups excluding carboxylic acids is 1. The van der Waals surface area contributed by atoms with E-state index >= 15 is 0 Å². The van der Waals surface area contributed by atoms with E-state index in [1.165, 1.54) is 16.7 Å². The number of carbonyl (C=O) groups is 1. The van der Waals surface area contributed by atoms with E-state index in [1.54, 1.807) is 7.11 Å². The number of ether oxygens (including phenoxy) is 1. The van der Waals surface area contributed by atoms with Crippen LogP contribution in [0.1, 0.15) is 22.3 Å². The number of nitrogens with one attached hydrogen (secondary N) is 2. The van der Waals surface area contributed by atoms with E-state index in [2.05, 4.69) is 42.7 Å². The predicted molar refractivity (Wildman–Crippen MR) is 92.9 cm³/mol. The third-order valence-corrected chi connectivity index (χ3v) is 3.80. The third-order valence-electron chi connectivity index (χ3n) is 3.80. The minimum absolute atomic E-state index is 0.140. The number of rotatable bonds is 6. The molecule has 0 saturated carbocycles. The minimum Gasteiger partial charge on any atom is -0.497 e. The molecule has 2 aromatic rings. The van der Waals surface area contributed by atoms with Crippen LogP contribution >= 0.6 is 0 Å². The summed E-state index contributed by atoms with van der Waals surface area (Å²) in [5.41, 5.74) is 4.74. The summed E-state index contributed by atoms with van der Waals surface area (Å²) < 4.78 is 5.12. The lowest BCUT2D eigenvalue weighted by Gasteiger charge is -2.10. The molecule has 0 unspecified atom stereocenters. The second-order valence-electron chi connectivity index (χ2n) is 5.64. The molecule has 2 N–H and O–H groups in total. The first-order valence-electron chi connectivity index (χ1n) is 7.79. The zero-order chi connectivity index (χ0) is 16.7. The molecule has 0 aliphatic heterocycles. The van der Waals surface area contributed by atoms with Crippen LogP contribution in [0.5, 0.6) is 5.75 Å². The van der Waals surface area contributed by atoms with Crippen molar-refractivity contribution in [3.63, 3.8) is 0 Å². The zero-order valence-corrected chi connectivity index (χ0v) is 14.0. The summed E-state index contributed by atoms with van der Waals surface area (Å²) >= 11 is 0. The average Bonchev–Trinajstić information content (AvgIpc) is 2.54. The quantitative estimate of drug-likeness (QED) is 0.859. The van der Waals surface area contributed by atoms with Crippen molar-refractivity contribution in [3.05, 3.63) is 64.7 Å². The summed E-state index contributed by atoms with van der Waals surface area (Å²) in [6.45, 7) is 5.27. The second kappa shape index (κ2) is 8.22. The fourth-order valence-corrected chi connectivity index (χ4v) is 2.39. The van der Waals surface area contributed by atoms with E-state index in [-0.39, 0.29) is 6.03 Å². The van der Waals surface area contributed by atoms with Gasteiger partial charge in [-0.2, -0.15) is 0 Å². The van der Waals surface area contributed by atoms with Crippen LogP contribution in [0.2, 0.25) is 0 Å². The molecule has 2 amide bonds. The van der Waals surface area contributed by atoms with Gasteiger partial charge in [-0.05, 0) is 49.1 Å². The SMILES string of the molecule is COc1ccc(CCNC(=O)NCc2ccc(C)cc2C)cc1. The molecule has 0 saturated heterocycles. The smallest absolute Gasteiger partial charge is 0.315 e. The van der Waals surface area contributed by atoms with Crippen molar-refractivity contribution in [1.29, 1.82) is 0 Å². The van der Waals surface area contributed by atoms with Crippen LogP contribution in [0.3, 0.4) is 0 Å². The molecule has 0 aromatic heterocycles. The highest BCUT2D eigenvalue weighted by atomic mass is 16.5. The normalized spacial score (nSPS) is 10.2. The molecular formula is C19H24N2O2. The summed E-state index contributed by atoms with van der Waals surface area (Å²) in [6.07, 6.45) is 0.793. The van der Waals surface area contributed by atoms with E-state index in [9.17, 15) is 4.79 Å². The first-order chi connectivity index (χ1) is 11.1. The number of amides is 2.